The smallest absolute Gasteiger partial charge is 0.261 e. The van der Waals surface area contributed by atoms with Crippen LogP contribution < -0.4 is 10.0 Å². The van der Waals surface area contributed by atoms with Crippen molar-refractivity contribution in [2.75, 3.05) is 23.6 Å². The highest BCUT2D eigenvalue weighted by Gasteiger charge is 2.14. The Hall–Kier alpha value is -2.38. The van der Waals surface area contributed by atoms with Crippen molar-refractivity contribution in [1.82, 2.24) is 4.90 Å². The van der Waals surface area contributed by atoms with Crippen molar-refractivity contribution in [3.8, 4) is 0 Å². The summed E-state index contributed by atoms with van der Waals surface area (Å²) in [7, 11) is -1.79. The first kappa shape index (κ1) is 19.0. The molecule has 0 saturated carbocycles. The minimum Gasteiger partial charge on any atom is -0.325 e. The van der Waals surface area contributed by atoms with Gasteiger partial charge in [0.15, 0.2) is 0 Å². The maximum absolute atomic E-state index is 12.4. The van der Waals surface area contributed by atoms with Gasteiger partial charge in [-0.05, 0) is 51.2 Å². The minimum absolute atomic E-state index is 0.153. The predicted octanol–water partition coefficient (Wildman–Crippen LogP) is 2.77. The van der Waals surface area contributed by atoms with Gasteiger partial charge in [-0.3, -0.25) is 14.4 Å². The summed E-state index contributed by atoms with van der Waals surface area (Å²) in [5.41, 5.74) is 0.925. The van der Waals surface area contributed by atoms with E-state index in [9.17, 15) is 13.2 Å². The summed E-state index contributed by atoms with van der Waals surface area (Å²) in [5.74, 6) is -0.153. The topological polar surface area (TPSA) is 78.5 Å². The van der Waals surface area contributed by atoms with Crippen LogP contribution in [-0.4, -0.2) is 38.9 Å². The molecular weight excluding hydrogens is 338 g/mol. The number of rotatable bonds is 7. The lowest BCUT2D eigenvalue weighted by Crippen LogP contribution is -2.34. The summed E-state index contributed by atoms with van der Waals surface area (Å²) in [4.78, 5) is 14.2. The quantitative estimate of drug-likeness (QED) is 0.795. The molecule has 2 aromatic rings. The second-order valence-corrected chi connectivity index (χ2v) is 7.74. The van der Waals surface area contributed by atoms with Crippen molar-refractivity contribution in [2.45, 2.75) is 24.8 Å². The highest BCUT2D eigenvalue weighted by molar-refractivity contribution is 7.92. The van der Waals surface area contributed by atoms with Crippen LogP contribution in [0.25, 0.3) is 0 Å². The van der Waals surface area contributed by atoms with E-state index in [4.69, 9.17) is 0 Å². The molecule has 2 aromatic carbocycles. The third kappa shape index (κ3) is 5.58. The van der Waals surface area contributed by atoms with E-state index in [0.717, 1.165) is 0 Å². The molecule has 25 heavy (non-hydrogen) atoms. The van der Waals surface area contributed by atoms with E-state index < -0.39 is 10.0 Å². The molecular formula is C18H23N3O3S. The number of benzene rings is 2. The zero-order valence-electron chi connectivity index (χ0n) is 14.6. The Kier molecular flexibility index (Phi) is 6.17. The molecule has 0 heterocycles. The summed E-state index contributed by atoms with van der Waals surface area (Å²) in [5, 5.41) is 2.78. The number of carbonyl (C=O) groups is 1. The van der Waals surface area contributed by atoms with Gasteiger partial charge in [-0.15, -0.1) is 0 Å². The van der Waals surface area contributed by atoms with Gasteiger partial charge >= 0.3 is 0 Å². The van der Waals surface area contributed by atoms with E-state index >= 15 is 0 Å². The van der Waals surface area contributed by atoms with Crippen LogP contribution >= 0.6 is 0 Å². The van der Waals surface area contributed by atoms with Crippen LogP contribution in [-0.2, 0) is 14.8 Å². The molecule has 134 valence electrons. The Morgan fingerprint density at radius 1 is 1.04 bits per heavy atom. The number of amides is 1. The fourth-order valence-electron chi connectivity index (χ4n) is 2.08. The number of hydrogen-bond donors (Lipinski definition) is 2. The fourth-order valence-corrected chi connectivity index (χ4v) is 3.15. The van der Waals surface area contributed by atoms with Gasteiger partial charge in [0.1, 0.15) is 0 Å². The first-order chi connectivity index (χ1) is 11.8. The molecule has 0 aliphatic carbocycles. The molecule has 0 spiro atoms. The Morgan fingerprint density at radius 3 is 2.32 bits per heavy atom. The van der Waals surface area contributed by atoms with Gasteiger partial charge in [0.2, 0.25) is 5.91 Å². The second kappa shape index (κ2) is 8.13. The molecule has 0 radical (unpaired) electrons. The number of anilines is 2. The molecule has 0 atom stereocenters. The Bertz CT molecular complexity index is 820. The molecule has 1 amide bonds. The molecule has 7 heteroatoms. The van der Waals surface area contributed by atoms with Crippen LogP contribution in [0.15, 0.2) is 59.5 Å². The Balaban J connectivity index is 2.08. The molecule has 0 saturated heterocycles. The summed E-state index contributed by atoms with van der Waals surface area (Å²) >= 11 is 0. The lowest BCUT2D eigenvalue weighted by Gasteiger charge is -2.20. The van der Waals surface area contributed by atoms with Gasteiger partial charge < -0.3 is 5.32 Å². The standard InChI is InChI=1S/C18H23N3O3S/c1-14(2)21(3)13-18(22)19-15-8-7-9-16(12-15)20-25(23,24)17-10-5-4-6-11-17/h4-12,14,20H,13H2,1-3H3,(H,19,22). The van der Waals surface area contributed by atoms with Crippen LogP contribution in [0.5, 0.6) is 0 Å². The molecule has 0 unspecified atom stereocenters. The van der Waals surface area contributed by atoms with Crippen molar-refractivity contribution < 1.29 is 13.2 Å². The highest BCUT2D eigenvalue weighted by Crippen LogP contribution is 2.19. The van der Waals surface area contributed by atoms with Gasteiger partial charge in [-0.2, -0.15) is 0 Å². The number of hydrogen-bond acceptors (Lipinski definition) is 4. The van der Waals surface area contributed by atoms with Crippen molar-refractivity contribution in [2.24, 2.45) is 0 Å². The van der Waals surface area contributed by atoms with E-state index in [-0.39, 0.29) is 23.4 Å². The SMILES string of the molecule is CC(C)N(C)CC(=O)Nc1cccc(NS(=O)(=O)c2ccccc2)c1. The Morgan fingerprint density at radius 2 is 1.68 bits per heavy atom. The van der Waals surface area contributed by atoms with Gasteiger partial charge in [-0.1, -0.05) is 24.3 Å². The largest absolute Gasteiger partial charge is 0.325 e. The van der Waals surface area contributed by atoms with E-state index in [1.807, 2.05) is 25.8 Å². The molecule has 0 aromatic heterocycles. The van der Waals surface area contributed by atoms with Crippen molar-refractivity contribution in [3.63, 3.8) is 0 Å². The normalized spacial score (nSPS) is 11.6. The van der Waals surface area contributed by atoms with E-state index in [2.05, 4.69) is 10.0 Å². The van der Waals surface area contributed by atoms with Gasteiger partial charge in [-0.25, -0.2) is 8.42 Å². The molecule has 2 rings (SSSR count). The summed E-state index contributed by atoms with van der Waals surface area (Å²) in [6, 6.07) is 15.0. The average molecular weight is 361 g/mol. The van der Waals surface area contributed by atoms with E-state index in [0.29, 0.717) is 11.4 Å². The van der Waals surface area contributed by atoms with Gasteiger partial charge in [0.25, 0.3) is 10.0 Å². The van der Waals surface area contributed by atoms with Crippen LogP contribution in [0, 0.1) is 0 Å². The number of carbonyl (C=O) groups excluding carboxylic acids is 1. The zero-order chi connectivity index (χ0) is 18.4. The van der Waals surface area contributed by atoms with Crippen molar-refractivity contribution in [1.29, 1.82) is 0 Å². The summed E-state index contributed by atoms with van der Waals surface area (Å²) < 4.78 is 27.2. The number of nitrogens with one attached hydrogen (secondary N) is 2. The van der Waals surface area contributed by atoms with Crippen molar-refractivity contribution in [3.05, 3.63) is 54.6 Å². The average Bonchev–Trinajstić information content (AvgIpc) is 2.55. The highest BCUT2D eigenvalue weighted by atomic mass is 32.2. The zero-order valence-corrected chi connectivity index (χ0v) is 15.4. The molecule has 2 N–H and O–H groups in total. The van der Waals surface area contributed by atoms with E-state index in [1.165, 1.54) is 12.1 Å². The Labute approximate surface area is 148 Å². The van der Waals surface area contributed by atoms with Crippen LogP contribution in [0.4, 0.5) is 11.4 Å². The predicted molar refractivity (Wildman–Crippen MR) is 100 cm³/mol. The molecule has 0 bridgehead atoms. The molecule has 0 aliphatic heterocycles. The number of likely N-dealkylation sites (N-methyl/N-ethyl adjacent to an activating group) is 1. The number of nitrogens with zero attached hydrogens (tertiary/aromatic N) is 1. The lowest BCUT2D eigenvalue weighted by molar-refractivity contribution is -0.117. The second-order valence-electron chi connectivity index (χ2n) is 6.06. The maximum Gasteiger partial charge on any atom is 0.261 e. The maximum atomic E-state index is 12.4. The minimum atomic E-state index is -3.66. The molecule has 6 nitrogen and oxygen atoms in total. The van der Waals surface area contributed by atoms with Gasteiger partial charge in [0, 0.05) is 11.7 Å². The third-order valence-electron chi connectivity index (χ3n) is 3.73. The first-order valence-electron chi connectivity index (χ1n) is 7.96. The third-order valence-corrected chi connectivity index (χ3v) is 5.12. The van der Waals surface area contributed by atoms with Crippen molar-refractivity contribution >= 4 is 27.3 Å². The molecule has 0 aliphatic rings. The monoisotopic (exact) mass is 361 g/mol. The van der Waals surface area contributed by atoms with E-state index in [1.54, 1.807) is 42.5 Å². The fraction of sp³-hybridized carbons (Fsp3) is 0.278. The van der Waals surface area contributed by atoms with Crippen LogP contribution in [0.2, 0.25) is 0 Å². The summed E-state index contributed by atoms with van der Waals surface area (Å²) in [6.45, 7) is 4.27. The van der Waals surface area contributed by atoms with Gasteiger partial charge in [0.05, 0.1) is 17.1 Å². The number of sulfonamides is 1. The summed E-state index contributed by atoms with van der Waals surface area (Å²) in [6.07, 6.45) is 0. The van der Waals surface area contributed by atoms with Crippen LogP contribution in [0.3, 0.4) is 0 Å². The lowest BCUT2D eigenvalue weighted by atomic mass is 10.3. The van der Waals surface area contributed by atoms with Crippen LogP contribution in [0.1, 0.15) is 13.8 Å². The first-order valence-corrected chi connectivity index (χ1v) is 9.44. The molecule has 0 fully saturated rings.